The molecule has 2 aliphatic rings. The van der Waals surface area contributed by atoms with E-state index in [1.54, 1.807) is 45.2 Å². The fourth-order valence-electron chi connectivity index (χ4n) is 4.37. The van der Waals surface area contributed by atoms with Gasteiger partial charge in [-0.05, 0) is 43.7 Å². The Balaban J connectivity index is 1.75. The molecule has 2 atom stereocenters. The zero-order valence-electron chi connectivity index (χ0n) is 16.7. The van der Waals surface area contributed by atoms with Gasteiger partial charge in [0.15, 0.2) is 11.6 Å². The molecule has 3 aromatic rings. The third-order valence-corrected chi connectivity index (χ3v) is 5.92. The van der Waals surface area contributed by atoms with Crippen molar-refractivity contribution in [3.63, 3.8) is 0 Å². The lowest BCUT2D eigenvalue weighted by molar-refractivity contribution is -0.144. The van der Waals surface area contributed by atoms with E-state index in [1.165, 1.54) is 17.0 Å². The number of furan rings is 1. The predicted octanol–water partition coefficient (Wildman–Crippen LogP) is 3.32. The molecule has 1 N–H and O–H groups in total. The molecule has 30 heavy (non-hydrogen) atoms. The fourth-order valence-corrected chi connectivity index (χ4v) is 4.37. The minimum absolute atomic E-state index is 0.157. The molecule has 1 saturated heterocycles. The highest BCUT2D eigenvalue weighted by atomic mass is 19.1. The number of ketones is 1. The van der Waals surface area contributed by atoms with Gasteiger partial charge in [-0.25, -0.2) is 9.38 Å². The number of aryl methyl sites for hydroxylation is 1. The Morgan fingerprint density at radius 2 is 2.03 bits per heavy atom. The normalized spacial score (nSPS) is 22.4. The predicted molar refractivity (Wildman–Crippen MR) is 108 cm³/mol. The average molecular weight is 409 g/mol. The topological polar surface area (TPSA) is 89.6 Å². The number of aromatic nitrogens is 2. The highest BCUT2D eigenvalue weighted by Gasteiger charge is 2.50. The van der Waals surface area contributed by atoms with Crippen LogP contribution in [0.15, 0.2) is 50.8 Å². The van der Waals surface area contributed by atoms with Crippen LogP contribution in [-0.4, -0.2) is 33.5 Å². The maximum absolute atomic E-state index is 14.6. The number of carbonyl (C=O) groups excluding carboxylic acids is 1. The summed E-state index contributed by atoms with van der Waals surface area (Å²) in [5.41, 5.74) is 0.550. The molecule has 0 spiro atoms. The lowest BCUT2D eigenvalue weighted by Gasteiger charge is -2.40. The van der Waals surface area contributed by atoms with Gasteiger partial charge in [-0.15, -0.1) is 0 Å². The number of nitrogens with zero attached hydrogens (tertiary/aromatic N) is 2. The van der Waals surface area contributed by atoms with Crippen LogP contribution in [0.25, 0.3) is 11.3 Å². The molecule has 5 rings (SSSR count). The van der Waals surface area contributed by atoms with Crippen LogP contribution in [0.4, 0.5) is 10.2 Å². The fraction of sp³-hybridized carbons (Fsp3) is 0.318. The summed E-state index contributed by atoms with van der Waals surface area (Å²) in [5, 5.41) is 2.73. The van der Waals surface area contributed by atoms with Crippen molar-refractivity contribution in [3.05, 3.63) is 63.9 Å². The molecule has 2 aromatic heterocycles. The van der Waals surface area contributed by atoms with Gasteiger partial charge in [-0.3, -0.25) is 19.4 Å². The molecule has 2 unspecified atom stereocenters. The van der Waals surface area contributed by atoms with Crippen LogP contribution in [0.1, 0.15) is 30.9 Å². The second-order valence-electron chi connectivity index (χ2n) is 8.18. The van der Waals surface area contributed by atoms with Crippen molar-refractivity contribution in [2.75, 3.05) is 6.61 Å². The van der Waals surface area contributed by atoms with Crippen LogP contribution in [0.2, 0.25) is 0 Å². The molecule has 1 aromatic carbocycles. The van der Waals surface area contributed by atoms with E-state index in [4.69, 9.17) is 9.15 Å². The SMILES string of the molecule is Cn1[nH]c(=O)c2c1N=C1COC(C)(C)C(=O)C1C2c1ccc(F)c(-c2ccco2)c1. The highest BCUT2D eigenvalue weighted by Crippen LogP contribution is 2.45. The maximum atomic E-state index is 14.6. The maximum Gasteiger partial charge on any atom is 0.270 e. The summed E-state index contributed by atoms with van der Waals surface area (Å²) in [7, 11) is 1.69. The first-order valence-corrected chi connectivity index (χ1v) is 9.66. The lowest BCUT2D eigenvalue weighted by Crippen LogP contribution is -2.53. The first-order chi connectivity index (χ1) is 14.3. The van der Waals surface area contributed by atoms with Crippen molar-refractivity contribution in [1.29, 1.82) is 0 Å². The first-order valence-electron chi connectivity index (χ1n) is 9.66. The number of fused-ring (bicyclic) bond motifs is 2. The van der Waals surface area contributed by atoms with Crippen LogP contribution in [-0.2, 0) is 16.6 Å². The van der Waals surface area contributed by atoms with Gasteiger partial charge in [0.05, 0.1) is 35.6 Å². The monoisotopic (exact) mass is 409 g/mol. The molecule has 2 aliphatic heterocycles. The second kappa shape index (κ2) is 6.37. The van der Waals surface area contributed by atoms with Gasteiger partial charge in [-0.2, -0.15) is 0 Å². The lowest BCUT2D eigenvalue weighted by atomic mass is 9.70. The standard InChI is InChI=1S/C22H20FN3O4/c1-22(2)19(27)17-14(10-30-22)24-20-18(21(28)25-26(20)3)16(17)11-6-7-13(23)12(9-11)15-5-4-8-29-15/h4-9,16-17H,10H2,1-3H3,(H,25,28). The summed E-state index contributed by atoms with van der Waals surface area (Å²) < 4.78 is 27.2. The van der Waals surface area contributed by atoms with E-state index in [1.807, 2.05) is 0 Å². The van der Waals surface area contributed by atoms with E-state index in [2.05, 4.69) is 10.1 Å². The Kier molecular flexibility index (Phi) is 3.98. The van der Waals surface area contributed by atoms with Gasteiger partial charge >= 0.3 is 0 Å². The average Bonchev–Trinajstić information content (AvgIpc) is 3.33. The molecule has 1 fully saturated rings. The summed E-state index contributed by atoms with van der Waals surface area (Å²) in [6.07, 6.45) is 1.47. The molecule has 8 heteroatoms. The highest BCUT2D eigenvalue weighted by molar-refractivity contribution is 6.13. The van der Waals surface area contributed by atoms with Gasteiger partial charge < -0.3 is 9.15 Å². The number of carbonyl (C=O) groups is 1. The number of ether oxygens (including phenoxy) is 1. The minimum Gasteiger partial charge on any atom is -0.464 e. The van der Waals surface area contributed by atoms with E-state index in [0.717, 1.165) is 0 Å². The molecule has 0 aliphatic carbocycles. The molecular formula is C22H20FN3O4. The van der Waals surface area contributed by atoms with Crippen molar-refractivity contribution < 1.29 is 18.3 Å². The minimum atomic E-state index is -1.01. The second-order valence-corrected chi connectivity index (χ2v) is 8.18. The van der Waals surface area contributed by atoms with Gasteiger partial charge in [0.2, 0.25) is 0 Å². The van der Waals surface area contributed by atoms with Crippen LogP contribution >= 0.6 is 0 Å². The molecular weight excluding hydrogens is 389 g/mol. The number of halogens is 1. The number of aliphatic imine (C=N–C) groups is 1. The third kappa shape index (κ3) is 2.64. The van der Waals surface area contributed by atoms with Crippen molar-refractivity contribution in [3.8, 4) is 11.3 Å². The Labute approximate surface area is 171 Å². The molecule has 0 bridgehead atoms. The number of hydrogen-bond acceptors (Lipinski definition) is 5. The van der Waals surface area contributed by atoms with E-state index >= 15 is 0 Å². The zero-order chi connectivity index (χ0) is 21.2. The van der Waals surface area contributed by atoms with E-state index in [9.17, 15) is 14.0 Å². The Hall–Kier alpha value is -3.26. The Bertz CT molecular complexity index is 1250. The molecule has 0 amide bonds. The third-order valence-electron chi connectivity index (χ3n) is 5.92. The summed E-state index contributed by atoms with van der Waals surface area (Å²) >= 11 is 0. The van der Waals surface area contributed by atoms with Crippen molar-refractivity contribution in [2.45, 2.75) is 25.4 Å². The van der Waals surface area contributed by atoms with E-state index < -0.39 is 23.3 Å². The summed E-state index contributed by atoms with van der Waals surface area (Å²) in [4.78, 5) is 30.7. The number of Topliss-reactive ketones (excluding diaryl/α,β-unsaturated/α-hetero) is 1. The largest absolute Gasteiger partial charge is 0.464 e. The number of rotatable bonds is 2. The molecule has 0 saturated carbocycles. The first kappa shape index (κ1) is 18.7. The van der Waals surface area contributed by atoms with Crippen LogP contribution in [0, 0.1) is 11.7 Å². The number of H-pyrrole nitrogens is 1. The van der Waals surface area contributed by atoms with Crippen molar-refractivity contribution in [2.24, 2.45) is 18.0 Å². The smallest absolute Gasteiger partial charge is 0.270 e. The van der Waals surface area contributed by atoms with Gasteiger partial charge in [0, 0.05) is 13.0 Å². The zero-order valence-corrected chi connectivity index (χ0v) is 16.7. The molecule has 0 radical (unpaired) electrons. The van der Waals surface area contributed by atoms with Crippen molar-refractivity contribution >= 4 is 17.3 Å². The van der Waals surface area contributed by atoms with E-state index in [-0.39, 0.29) is 23.5 Å². The van der Waals surface area contributed by atoms with Gasteiger partial charge in [0.1, 0.15) is 17.2 Å². The number of aromatic amines is 1. The number of benzene rings is 1. The van der Waals surface area contributed by atoms with Crippen molar-refractivity contribution in [1.82, 2.24) is 9.78 Å². The van der Waals surface area contributed by atoms with Crippen LogP contribution in [0.3, 0.4) is 0 Å². The quantitative estimate of drug-likeness (QED) is 0.703. The molecule has 4 heterocycles. The van der Waals surface area contributed by atoms with Gasteiger partial charge in [-0.1, -0.05) is 6.07 Å². The Morgan fingerprint density at radius 3 is 2.77 bits per heavy atom. The number of nitrogens with one attached hydrogen (secondary N) is 1. The number of hydrogen-bond donors (Lipinski definition) is 1. The molecule has 7 nitrogen and oxygen atoms in total. The van der Waals surface area contributed by atoms with Crippen LogP contribution in [0.5, 0.6) is 0 Å². The summed E-state index contributed by atoms with van der Waals surface area (Å²) in [6.45, 7) is 3.62. The van der Waals surface area contributed by atoms with Crippen LogP contribution < -0.4 is 5.56 Å². The Morgan fingerprint density at radius 1 is 1.23 bits per heavy atom. The summed E-state index contributed by atoms with van der Waals surface area (Å²) in [5.74, 6) is -1.05. The summed E-state index contributed by atoms with van der Waals surface area (Å²) in [6, 6.07) is 7.94. The van der Waals surface area contributed by atoms with Gasteiger partial charge in [0.25, 0.3) is 5.56 Å². The molecule has 154 valence electrons. The van der Waals surface area contributed by atoms with E-state index in [0.29, 0.717) is 28.4 Å².